The van der Waals surface area contributed by atoms with Crippen LogP contribution in [0.25, 0.3) is 0 Å². The van der Waals surface area contributed by atoms with Gasteiger partial charge in [-0.2, -0.15) is 0 Å². The third-order valence-electron chi connectivity index (χ3n) is 2.60. The third-order valence-corrected chi connectivity index (χ3v) is 3.85. The number of hydrogen-bond donors (Lipinski definition) is 0. The molecule has 0 saturated carbocycles. The van der Waals surface area contributed by atoms with E-state index in [-0.39, 0.29) is 4.83 Å². The summed E-state index contributed by atoms with van der Waals surface area (Å²) in [5.74, 6) is 0. The molecule has 2 aromatic rings. The van der Waals surface area contributed by atoms with Crippen LogP contribution in [0.5, 0.6) is 0 Å². The van der Waals surface area contributed by atoms with Crippen LogP contribution in [0.15, 0.2) is 48.5 Å². The van der Waals surface area contributed by atoms with Crippen LogP contribution in [0.1, 0.15) is 21.5 Å². The van der Waals surface area contributed by atoms with Crippen molar-refractivity contribution < 1.29 is 0 Å². The Hall–Kier alpha value is -0.790. The summed E-state index contributed by atoms with van der Waals surface area (Å²) < 4.78 is 0. The highest BCUT2D eigenvalue weighted by Gasteiger charge is 2.12. The van der Waals surface area contributed by atoms with Crippen LogP contribution >= 0.6 is 27.5 Å². The molecule has 0 heterocycles. The first-order valence-electron chi connectivity index (χ1n) is 5.13. The van der Waals surface area contributed by atoms with Gasteiger partial charge in [0.15, 0.2) is 0 Å². The second kappa shape index (κ2) is 5.03. The fraction of sp³-hybridized carbons (Fsp3) is 0.143. The zero-order valence-electron chi connectivity index (χ0n) is 8.95. The van der Waals surface area contributed by atoms with Crippen LogP contribution < -0.4 is 0 Å². The Bertz CT molecular complexity index is 479. The number of halogens is 2. The van der Waals surface area contributed by atoms with Crippen LogP contribution in [0, 0.1) is 6.92 Å². The molecule has 0 fully saturated rings. The van der Waals surface area contributed by atoms with Gasteiger partial charge in [-0.1, -0.05) is 63.9 Å². The van der Waals surface area contributed by atoms with Crippen molar-refractivity contribution in [1.29, 1.82) is 0 Å². The van der Waals surface area contributed by atoms with E-state index in [1.807, 2.05) is 18.2 Å². The molecule has 0 aliphatic carbocycles. The summed E-state index contributed by atoms with van der Waals surface area (Å²) in [6, 6.07) is 16.4. The van der Waals surface area contributed by atoms with E-state index in [4.69, 9.17) is 11.6 Å². The number of hydrogen-bond acceptors (Lipinski definition) is 0. The Morgan fingerprint density at radius 1 is 1.06 bits per heavy atom. The topological polar surface area (TPSA) is 0 Å². The maximum atomic E-state index is 5.95. The normalized spacial score (nSPS) is 12.4. The molecule has 0 aliphatic heterocycles. The Morgan fingerprint density at radius 2 is 1.75 bits per heavy atom. The van der Waals surface area contributed by atoms with E-state index in [0.717, 1.165) is 5.02 Å². The Labute approximate surface area is 109 Å². The average molecular weight is 296 g/mol. The van der Waals surface area contributed by atoms with E-state index >= 15 is 0 Å². The van der Waals surface area contributed by atoms with Crippen molar-refractivity contribution in [3.63, 3.8) is 0 Å². The fourth-order valence-electron chi connectivity index (χ4n) is 1.73. The van der Waals surface area contributed by atoms with E-state index in [2.05, 4.69) is 53.2 Å². The van der Waals surface area contributed by atoms with Crippen molar-refractivity contribution in [3.8, 4) is 0 Å². The molecule has 1 unspecified atom stereocenters. The van der Waals surface area contributed by atoms with Gasteiger partial charge in [0.25, 0.3) is 0 Å². The molecule has 0 bridgehead atoms. The van der Waals surface area contributed by atoms with Crippen molar-refractivity contribution in [1.82, 2.24) is 0 Å². The van der Waals surface area contributed by atoms with Crippen molar-refractivity contribution >= 4 is 27.5 Å². The van der Waals surface area contributed by atoms with E-state index in [1.54, 1.807) is 0 Å². The lowest BCUT2D eigenvalue weighted by atomic mass is 10.0. The first-order chi connectivity index (χ1) is 7.68. The van der Waals surface area contributed by atoms with Gasteiger partial charge in [-0.05, 0) is 35.7 Å². The van der Waals surface area contributed by atoms with Gasteiger partial charge in [-0.15, -0.1) is 0 Å². The van der Waals surface area contributed by atoms with Crippen LogP contribution in [0.2, 0.25) is 5.02 Å². The minimum Gasteiger partial charge on any atom is -0.0843 e. The van der Waals surface area contributed by atoms with Gasteiger partial charge in [0.2, 0.25) is 0 Å². The molecule has 0 nitrogen and oxygen atoms in total. The third kappa shape index (κ3) is 2.47. The van der Waals surface area contributed by atoms with Gasteiger partial charge in [0.05, 0.1) is 4.83 Å². The van der Waals surface area contributed by atoms with Gasteiger partial charge < -0.3 is 0 Å². The zero-order chi connectivity index (χ0) is 11.5. The summed E-state index contributed by atoms with van der Waals surface area (Å²) in [5.41, 5.74) is 3.72. The Kier molecular flexibility index (Phi) is 3.67. The van der Waals surface area contributed by atoms with Gasteiger partial charge in [-0.3, -0.25) is 0 Å². The molecule has 0 aromatic heterocycles. The minimum atomic E-state index is 0.228. The van der Waals surface area contributed by atoms with Crippen molar-refractivity contribution in [2.24, 2.45) is 0 Å². The SMILES string of the molecule is Cc1cc(Cl)ccc1C(Br)c1ccccc1. The molecule has 2 heteroatoms. The molecule has 0 spiro atoms. The zero-order valence-corrected chi connectivity index (χ0v) is 11.3. The van der Waals surface area contributed by atoms with Gasteiger partial charge in [0.1, 0.15) is 0 Å². The number of rotatable bonds is 2. The van der Waals surface area contributed by atoms with E-state index in [0.29, 0.717) is 0 Å². The van der Waals surface area contributed by atoms with Crippen LogP contribution in [0.3, 0.4) is 0 Å². The van der Waals surface area contributed by atoms with E-state index in [9.17, 15) is 0 Å². The highest BCUT2D eigenvalue weighted by atomic mass is 79.9. The first-order valence-corrected chi connectivity index (χ1v) is 6.43. The van der Waals surface area contributed by atoms with Crippen LogP contribution in [0.4, 0.5) is 0 Å². The predicted octanol–water partition coefficient (Wildman–Crippen LogP) is 5.13. The van der Waals surface area contributed by atoms with Gasteiger partial charge >= 0.3 is 0 Å². The molecule has 0 radical (unpaired) electrons. The molecular weight excluding hydrogens is 284 g/mol. The summed E-state index contributed by atoms with van der Waals surface area (Å²) in [6.45, 7) is 2.08. The quantitative estimate of drug-likeness (QED) is 0.674. The lowest BCUT2D eigenvalue weighted by Gasteiger charge is -2.13. The van der Waals surface area contributed by atoms with Gasteiger partial charge in [0, 0.05) is 5.02 Å². The smallest absolute Gasteiger partial charge is 0.0647 e. The molecular formula is C14H12BrCl. The lowest BCUT2D eigenvalue weighted by molar-refractivity contribution is 1.14. The molecule has 0 N–H and O–H groups in total. The summed E-state index contributed by atoms with van der Waals surface area (Å²) in [6.07, 6.45) is 0. The van der Waals surface area contributed by atoms with Gasteiger partial charge in [-0.25, -0.2) is 0 Å². The van der Waals surface area contributed by atoms with Crippen molar-refractivity contribution in [3.05, 3.63) is 70.2 Å². The number of alkyl halides is 1. The fourth-order valence-corrected chi connectivity index (χ4v) is 2.77. The second-order valence-electron chi connectivity index (χ2n) is 3.77. The number of aryl methyl sites for hydroxylation is 1. The molecule has 2 aromatic carbocycles. The summed E-state index contributed by atoms with van der Waals surface area (Å²) in [5, 5.41) is 0.786. The molecule has 0 aliphatic rings. The molecule has 0 amide bonds. The molecule has 0 saturated heterocycles. The predicted molar refractivity (Wildman–Crippen MR) is 73.4 cm³/mol. The summed E-state index contributed by atoms with van der Waals surface area (Å²) in [7, 11) is 0. The van der Waals surface area contributed by atoms with Crippen molar-refractivity contribution in [2.45, 2.75) is 11.8 Å². The average Bonchev–Trinajstić information content (AvgIpc) is 2.29. The second-order valence-corrected chi connectivity index (χ2v) is 5.13. The maximum Gasteiger partial charge on any atom is 0.0647 e. The first kappa shape index (κ1) is 11.7. The summed E-state index contributed by atoms with van der Waals surface area (Å²) in [4.78, 5) is 0.228. The largest absolute Gasteiger partial charge is 0.0843 e. The van der Waals surface area contributed by atoms with E-state index in [1.165, 1.54) is 16.7 Å². The maximum absolute atomic E-state index is 5.95. The molecule has 1 atom stereocenters. The highest BCUT2D eigenvalue weighted by molar-refractivity contribution is 9.09. The number of benzene rings is 2. The Morgan fingerprint density at radius 3 is 2.38 bits per heavy atom. The molecule has 82 valence electrons. The van der Waals surface area contributed by atoms with Crippen LogP contribution in [-0.2, 0) is 0 Å². The molecule has 2 rings (SSSR count). The molecule has 16 heavy (non-hydrogen) atoms. The standard InChI is InChI=1S/C14H12BrCl/c1-10-9-12(16)7-8-13(10)14(15)11-5-3-2-4-6-11/h2-9,14H,1H3. The lowest BCUT2D eigenvalue weighted by Crippen LogP contribution is -1.95. The minimum absolute atomic E-state index is 0.228. The van der Waals surface area contributed by atoms with Crippen LogP contribution in [-0.4, -0.2) is 0 Å². The summed E-state index contributed by atoms with van der Waals surface area (Å²) >= 11 is 9.68. The highest BCUT2D eigenvalue weighted by Crippen LogP contribution is 2.33. The monoisotopic (exact) mass is 294 g/mol. The van der Waals surface area contributed by atoms with E-state index < -0.39 is 0 Å². The Balaban J connectivity index is 2.38. The van der Waals surface area contributed by atoms with Crippen molar-refractivity contribution in [2.75, 3.05) is 0 Å².